The summed E-state index contributed by atoms with van der Waals surface area (Å²) < 4.78 is 41.5. The molecule has 5 rings (SSSR count). The Hall–Kier alpha value is -4.49. The number of ether oxygens (including phenoxy) is 1. The summed E-state index contributed by atoms with van der Waals surface area (Å²) in [5, 5.41) is 0.438. The standard InChI is InChI=1S/C32H37N5O7S/c1-6-37-26-11-10-23(20-27(26)34(5)30(39)32(3,4)31(37)40)43-18-8-14-36(45(41,42)24-9-7-13-33-21-24)17-16-35-15-12-28-25(29(35)38)19-22(2)44-28/h7,9-13,15,19-21H,6,8,14,16-18H2,1-5H3. The Morgan fingerprint density at radius 1 is 1.02 bits per heavy atom. The van der Waals surface area contributed by atoms with E-state index in [2.05, 4.69) is 4.98 Å². The fourth-order valence-electron chi connectivity index (χ4n) is 5.50. The molecular weight excluding hydrogens is 598 g/mol. The number of aromatic nitrogens is 2. The molecule has 2 amide bonds. The number of aryl methyl sites for hydroxylation is 1. The molecule has 238 valence electrons. The number of fused-ring (bicyclic) bond motifs is 2. The first-order valence-corrected chi connectivity index (χ1v) is 16.2. The molecule has 0 spiro atoms. The van der Waals surface area contributed by atoms with Crippen LogP contribution in [0.25, 0.3) is 11.0 Å². The molecule has 12 nitrogen and oxygen atoms in total. The summed E-state index contributed by atoms with van der Waals surface area (Å²) in [6.45, 7) is 7.74. The largest absolute Gasteiger partial charge is 0.493 e. The molecular formula is C32H37N5O7S. The molecule has 0 fully saturated rings. The number of hydrogen-bond donors (Lipinski definition) is 0. The highest BCUT2D eigenvalue weighted by atomic mass is 32.2. The second kappa shape index (κ2) is 12.5. The summed E-state index contributed by atoms with van der Waals surface area (Å²) in [6.07, 6.45) is 4.73. The molecule has 0 bridgehead atoms. The molecule has 13 heteroatoms. The van der Waals surface area contributed by atoms with E-state index in [0.29, 0.717) is 46.8 Å². The average Bonchev–Trinajstić information content (AvgIpc) is 3.40. The maximum Gasteiger partial charge on any atom is 0.261 e. The number of carbonyl (C=O) groups excluding carboxylic acids is 2. The van der Waals surface area contributed by atoms with Crippen LogP contribution in [0, 0.1) is 12.3 Å². The minimum Gasteiger partial charge on any atom is -0.493 e. The van der Waals surface area contributed by atoms with Crippen molar-refractivity contribution in [2.24, 2.45) is 5.41 Å². The van der Waals surface area contributed by atoms with Crippen LogP contribution >= 0.6 is 0 Å². The van der Waals surface area contributed by atoms with Crippen LogP contribution < -0.4 is 20.1 Å². The third kappa shape index (κ3) is 6.09. The molecule has 0 N–H and O–H groups in total. The van der Waals surface area contributed by atoms with E-state index >= 15 is 0 Å². The maximum absolute atomic E-state index is 13.6. The lowest BCUT2D eigenvalue weighted by Crippen LogP contribution is -2.47. The molecule has 0 unspecified atom stereocenters. The third-order valence-corrected chi connectivity index (χ3v) is 9.88. The Balaban J connectivity index is 1.31. The molecule has 1 aromatic carbocycles. The van der Waals surface area contributed by atoms with Gasteiger partial charge in [0.25, 0.3) is 5.56 Å². The third-order valence-electron chi connectivity index (χ3n) is 8.00. The average molecular weight is 636 g/mol. The Morgan fingerprint density at radius 2 is 1.80 bits per heavy atom. The number of carbonyl (C=O) groups is 2. The van der Waals surface area contributed by atoms with Crippen LogP contribution in [0.2, 0.25) is 0 Å². The van der Waals surface area contributed by atoms with E-state index in [9.17, 15) is 22.8 Å². The summed E-state index contributed by atoms with van der Waals surface area (Å²) in [7, 11) is -2.29. The van der Waals surface area contributed by atoms with Gasteiger partial charge in [0.2, 0.25) is 21.8 Å². The van der Waals surface area contributed by atoms with Crippen molar-refractivity contribution in [2.75, 3.05) is 43.1 Å². The smallest absolute Gasteiger partial charge is 0.261 e. The normalized spacial score (nSPS) is 15.1. The lowest BCUT2D eigenvalue weighted by molar-refractivity contribution is -0.137. The van der Waals surface area contributed by atoms with Crippen LogP contribution in [0.3, 0.4) is 0 Å². The van der Waals surface area contributed by atoms with Crippen molar-refractivity contribution in [3.8, 4) is 5.75 Å². The Labute approximate surface area is 261 Å². The van der Waals surface area contributed by atoms with E-state index < -0.39 is 15.4 Å². The number of benzene rings is 1. The van der Waals surface area contributed by atoms with Crippen LogP contribution in [0.4, 0.5) is 11.4 Å². The molecule has 3 aromatic heterocycles. The number of sulfonamides is 1. The van der Waals surface area contributed by atoms with Gasteiger partial charge in [-0.1, -0.05) is 0 Å². The van der Waals surface area contributed by atoms with E-state index in [-0.39, 0.29) is 48.5 Å². The number of amides is 2. The van der Waals surface area contributed by atoms with Gasteiger partial charge in [0, 0.05) is 57.9 Å². The lowest BCUT2D eigenvalue weighted by Gasteiger charge is -2.27. The number of furan rings is 1. The molecule has 0 saturated carbocycles. The first kappa shape index (κ1) is 31.9. The van der Waals surface area contributed by atoms with E-state index in [1.54, 1.807) is 75.3 Å². The number of pyridine rings is 2. The van der Waals surface area contributed by atoms with Crippen LogP contribution in [-0.2, 0) is 26.2 Å². The van der Waals surface area contributed by atoms with Crippen molar-refractivity contribution in [1.82, 2.24) is 13.9 Å². The van der Waals surface area contributed by atoms with Crippen molar-refractivity contribution < 1.29 is 27.2 Å². The van der Waals surface area contributed by atoms with Gasteiger partial charge < -0.3 is 23.5 Å². The first-order valence-electron chi connectivity index (χ1n) is 14.7. The summed E-state index contributed by atoms with van der Waals surface area (Å²) in [6, 6.07) is 11.6. The van der Waals surface area contributed by atoms with Gasteiger partial charge in [0.15, 0.2) is 0 Å². The number of hydrogen-bond acceptors (Lipinski definition) is 8. The van der Waals surface area contributed by atoms with Gasteiger partial charge in [0.05, 0.1) is 23.4 Å². The minimum absolute atomic E-state index is 0.0435. The zero-order valence-electron chi connectivity index (χ0n) is 26.0. The van der Waals surface area contributed by atoms with Gasteiger partial charge >= 0.3 is 0 Å². The highest BCUT2D eigenvalue weighted by Crippen LogP contribution is 2.40. The summed E-state index contributed by atoms with van der Waals surface area (Å²) in [4.78, 5) is 46.4. The van der Waals surface area contributed by atoms with Crippen molar-refractivity contribution in [3.05, 3.63) is 77.2 Å². The molecule has 4 heterocycles. The van der Waals surface area contributed by atoms with Gasteiger partial charge in [-0.05, 0) is 70.5 Å². The topological polar surface area (TPSA) is 135 Å². The van der Waals surface area contributed by atoms with Gasteiger partial charge in [-0.2, -0.15) is 4.31 Å². The van der Waals surface area contributed by atoms with E-state index in [4.69, 9.17) is 9.15 Å². The molecule has 0 aliphatic carbocycles. The molecule has 1 aliphatic rings. The number of anilines is 2. The monoisotopic (exact) mass is 635 g/mol. The molecule has 0 saturated heterocycles. The first-order chi connectivity index (χ1) is 21.4. The second-order valence-electron chi connectivity index (χ2n) is 11.4. The van der Waals surface area contributed by atoms with Crippen molar-refractivity contribution in [1.29, 1.82) is 0 Å². The number of nitrogens with zero attached hydrogens (tertiary/aromatic N) is 5. The summed E-state index contributed by atoms with van der Waals surface area (Å²) in [5.41, 5.74) is 0.169. The SMILES string of the molecule is CCN1C(=O)C(C)(C)C(=O)N(C)c2cc(OCCCN(CCn3ccc4oc(C)cc4c3=O)S(=O)(=O)c3cccnc3)ccc21. The molecule has 0 radical (unpaired) electrons. The predicted octanol–water partition coefficient (Wildman–Crippen LogP) is 3.81. The van der Waals surface area contributed by atoms with Crippen molar-refractivity contribution >= 4 is 44.2 Å². The lowest BCUT2D eigenvalue weighted by atomic mass is 9.90. The minimum atomic E-state index is -3.92. The molecule has 1 aliphatic heterocycles. The van der Waals surface area contributed by atoms with E-state index in [0.717, 1.165) is 0 Å². The summed E-state index contributed by atoms with van der Waals surface area (Å²) in [5.74, 6) is 0.507. The highest BCUT2D eigenvalue weighted by molar-refractivity contribution is 7.89. The van der Waals surface area contributed by atoms with Crippen molar-refractivity contribution in [2.45, 2.75) is 45.6 Å². The Morgan fingerprint density at radius 3 is 2.51 bits per heavy atom. The van der Waals surface area contributed by atoms with Crippen molar-refractivity contribution in [3.63, 3.8) is 0 Å². The zero-order valence-corrected chi connectivity index (χ0v) is 26.8. The molecule has 0 atom stereocenters. The van der Waals surface area contributed by atoms with E-state index in [1.165, 1.54) is 32.2 Å². The van der Waals surface area contributed by atoms with Crippen LogP contribution in [0.15, 0.2) is 75.2 Å². The summed E-state index contributed by atoms with van der Waals surface area (Å²) >= 11 is 0. The van der Waals surface area contributed by atoms with Gasteiger partial charge in [-0.15, -0.1) is 0 Å². The molecule has 45 heavy (non-hydrogen) atoms. The Bertz CT molecular complexity index is 1900. The maximum atomic E-state index is 13.6. The van der Waals surface area contributed by atoms with Crippen LogP contribution in [0.5, 0.6) is 5.75 Å². The van der Waals surface area contributed by atoms with Gasteiger partial charge in [-0.25, -0.2) is 8.42 Å². The fourth-order valence-corrected chi connectivity index (χ4v) is 6.94. The van der Waals surface area contributed by atoms with Crippen LogP contribution in [0.1, 0.15) is 33.0 Å². The fraction of sp³-hybridized carbons (Fsp3) is 0.375. The predicted molar refractivity (Wildman–Crippen MR) is 170 cm³/mol. The second-order valence-corrected chi connectivity index (χ2v) is 13.4. The quantitative estimate of drug-likeness (QED) is 0.179. The number of rotatable bonds is 11. The van der Waals surface area contributed by atoms with Gasteiger partial charge in [-0.3, -0.25) is 19.4 Å². The van der Waals surface area contributed by atoms with Gasteiger partial charge in [0.1, 0.15) is 27.4 Å². The molecule has 4 aromatic rings. The van der Waals surface area contributed by atoms with E-state index in [1.807, 2.05) is 6.92 Å². The zero-order chi connectivity index (χ0) is 32.5. The van der Waals surface area contributed by atoms with Crippen LogP contribution in [-0.4, -0.2) is 67.4 Å². The highest BCUT2D eigenvalue weighted by Gasteiger charge is 2.45. The Kier molecular flexibility index (Phi) is 8.86.